The number of ether oxygens (including phenoxy) is 2. The number of para-hydroxylation sites is 1. The summed E-state index contributed by atoms with van der Waals surface area (Å²) in [5, 5.41) is 6.24. The fourth-order valence-electron chi connectivity index (χ4n) is 2.62. The van der Waals surface area contributed by atoms with Crippen molar-refractivity contribution in [2.45, 2.75) is 13.0 Å². The highest BCUT2D eigenvalue weighted by Gasteiger charge is 2.03. The third-order valence-corrected chi connectivity index (χ3v) is 4.17. The van der Waals surface area contributed by atoms with Gasteiger partial charge >= 0.3 is 0 Å². The first-order valence-corrected chi connectivity index (χ1v) is 9.17. The minimum Gasteiger partial charge on any atom is -0.497 e. The minimum absolute atomic E-state index is 0.0742. The molecule has 5 heteroatoms. The molecule has 0 spiro atoms. The Morgan fingerprint density at radius 1 is 0.821 bits per heavy atom. The first-order valence-electron chi connectivity index (χ1n) is 9.17. The molecule has 28 heavy (non-hydrogen) atoms. The lowest BCUT2D eigenvalue weighted by atomic mass is 10.2. The number of anilines is 2. The van der Waals surface area contributed by atoms with Gasteiger partial charge in [-0.25, -0.2) is 0 Å². The molecule has 3 aromatic carbocycles. The van der Waals surface area contributed by atoms with Gasteiger partial charge in [0.1, 0.15) is 11.5 Å². The van der Waals surface area contributed by atoms with Crippen molar-refractivity contribution in [2.24, 2.45) is 0 Å². The molecule has 0 saturated heterocycles. The summed E-state index contributed by atoms with van der Waals surface area (Å²) >= 11 is 0. The van der Waals surface area contributed by atoms with Gasteiger partial charge in [-0.15, -0.1) is 0 Å². The van der Waals surface area contributed by atoms with E-state index in [-0.39, 0.29) is 5.91 Å². The van der Waals surface area contributed by atoms with Crippen LogP contribution in [0.25, 0.3) is 0 Å². The lowest BCUT2D eigenvalue weighted by Crippen LogP contribution is -2.15. The topological polar surface area (TPSA) is 59.6 Å². The molecule has 3 rings (SSSR count). The van der Waals surface area contributed by atoms with Gasteiger partial charge in [0.05, 0.1) is 20.1 Å². The Bertz CT molecular complexity index is 863. The third kappa shape index (κ3) is 6.06. The summed E-state index contributed by atoms with van der Waals surface area (Å²) in [6.07, 6.45) is 0.298. The number of carbonyl (C=O) groups is 1. The van der Waals surface area contributed by atoms with E-state index in [1.807, 2.05) is 78.9 Å². The summed E-state index contributed by atoms with van der Waals surface area (Å²) in [7, 11) is 1.66. The van der Waals surface area contributed by atoms with Crippen LogP contribution in [0.1, 0.15) is 12.0 Å². The predicted molar refractivity (Wildman–Crippen MR) is 112 cm³/mol. The molecule has 0 saturated carbocycles. The van der Waals surface area contributed by atoms with E-state index >= 15 is 0 Å². The third-order valence-electron chi connectivity index (χ3n) is 4.17. The normalized spacial score (nSPS) is 10.2. The molecular formula is C23H24N2O3. The van der Waals surface area contributed by atoms with Crippen molar-refractivity contribution >= 4 is 17.3 Å². The maximum atomic E-state index is 12.0. The molecule has 0 aromatic heterocycles. The second-order valence-electron chi connectivity index (χ2n) is 6.24. The fourth-order valence-corrected chi connectivity index (χ4v) is 2.62. The van der Waals surface area contributed by atoms with Crippen LogP contribution in [-0.4, -0.2) is 19.6 Å². The van der Waals surface area contributed by atoms with Crippen LogP contribution >= 0.6 is 0 Å². The maximum Gasteiger partial charge on any atom is 0.227 e. The van der Waals surface area contributed by atoms with Gasteiger partial charge in [-0.2, -0.15) is 0 Å². The summed E-state index contributed by atoms with van der Waals surface area (Å²) in [6.45, 7) is 1.06. The van der Waals surface area contributed by atoms with Crippen LogP contribution < -0.4 is 20.1 Å². The van der Waals surface area contributed by atoms with Crippen LogP contribution in [0.2, 0.25) is 0 Å². The summed E-state index contributed by atoms with van der Waals surface area (Å²) in [5.74, 6) is 1.54. The Morgan fingerprint density at radius 3 is 2.18 bits per heavy atom. The molecule has 0 unspecified atom stereocenters. The van der Waals surface area contributed by atoms with Crippen molar-refractivity contribution in [3.8, 4) is 11.5 Å². The standard InChI is InChI=1S/C23H24N2O3/c1-27-21-13-7-18(8-14-21)17-24-19-9-11-20(12-10-19)25-23(26)15-16-28-22-5-3-2-4-6-22/h2-14,24H,15-17H2,1H3,(H,25,26). The molecular weight excluding hydrogens is 352 g/mol. The minimum atomic E-state index is -0.0742. The molecule has 0 atom stereocenters. The summed E-state index contributed by atoms with van der Waals surface area (Å²) in [6, 6.07) is 25.1. The quantitative estimate of drug-likeness (QED) is 0.568. The Labute approximate surface area is 165 Å². The first kappa shape index (κ1) is 19.3. The molecule has 2 N–H and O–H groups in total. The molecule has 0 aliphatic carbocycles. The Kier molecular flexibility index (Phi) is 6.90. The van der Waals surface area contributed by atoms with Crippen molar-refractivity contribution in [2.75, 3.05) is 24.4 Å². The molecule has 0 bridgehead atoms. The zero-order valence-electron chi connectivity index (χ0n) is 15.9. The van der Waals surface area contributed by atoms with E-state index in [1.54, 1.807) is 7.11 Å². The molecule has 0 heterocycles. The Hall–Kier alpha value is -3.47. The fraction of sp³-hybridized carbons (Fsp3) is 0.174. The number of benzene rings is 3. The number of carbonyl (C=O) groups excluding carboxylic acids is 1. The average Bonchev–Trinajstić information content (AvgIpc) is 2.74. The van der Waals surface area contributed by atoms with Gasteiger partial charge in [0.25, 0.3) is 0 Å². The molecule has 0 aliphatic rings. The van der Waals surface area contributed by atoms with Crippen molar-refractivity contribution in [1.82, 2.24) is 0 Å². The number of rotatable bonds is 9. The maximum absolute atomic E-state index is 12.0. The van der Waals surface area contributed by atoms with E-state index in [9.17, 15) is 4.79 Å². The monoisotopic (exact) mass is 376 g/mol. The summed E-state index contributed by atoms with van der Waals surface area (Å²) in [5.41, 5.74) is 2.91. The van der Waals surface area contributed by atoms with Crippen molar-refractivity contribution in [1.29, 1.82) is 0 Å². The zero-order valence-corrected chi connectivity index (χ0v) is 15.9. The molecule has 0 aliphatic heterocycles. The van der Waals surface area contributed by atoms with E-state index in [2.05, 4.69) is 10.6 Å². The second kappa shape index (κ2) is 10.0. The highest BCUT2D eigenvalue weighted by atomic mass is 16.5. The highest BCUT2D eigenvalue weighted by molar-refractivity contribution is 5.90. The zero-order chi connectivity index (χ0) is 19.6. The van der Waals surface area contributed by atoms with Gasteiger partial charge in [-0.05, 0) is 54.1 Å². The van der Waals surface area contributed by atoms with Gasteiger partial charge in [-0.1, -0.05) is 30.3 Å². The van der Waals surface area contributed by atoms with Crippen LogP contribution in [0.5, 0.6) is 11.5 Å². The molecule has 1 amide bonds. The molecule has 0 radical (unpaired) electrons. The van der Waals surface area contributed by atoms with E-state index < -0.39 is 0 Å². The van der Waals surface area contributed by atoms with Gasteiger partial charge in [-0.3, -0.25) is 4.79 Å². The molecule has 0 fully saturated rings. The van der Waals surface area contributed by atoms with Crippen LogP contribution in [0, 0.1) is 0 Å². The highest BCUT2D eigenvalue weighted by Crippen LogP contribution is 2.16. The number of amides is 1. The van der Waals surface area contributed by atoms with Gasteiger partial charge in [0.15, 0.2) is 0 Å². The van der Waals surface area contributed by atoms with Crippen LogP contribution in [0.3, 0.4) is 0 Å². The molecule has 3 aromatic rings. The first-order chi connectivity index (χ1) is 13.7. The largest absolute Gasteiger partial charge is 0.497 e. The number of hydrogen-bond donors (Lipinski definition) is 2. The van der Waals surface area contributed by atoms with Gasteiger partial charge < -0.3 is 20.1 Å². The lowest BCUT2D eigenvalue weighted by Gasteiger charge is -2.10. The molecule has 5 nitrogen and oxygen atoms in total. The Balaban J connectivity index is 1.41. The number of hydrogen-bond acceptors (Lipinski definition) is 4. The van der Waals surface area contributed by atoms with Gasteiger partial charge in [0, 0.05) is 17.9 Å². The summed E-state index contributed by atoms with van der Waals surface area (Å²) < 4.78 is 10.7. The predicted octanol–water partition coefficient (Wildman–Crippen LogP) is 4.71. The average molecular weight is 376 g/mol. The lowest BCUT2D eigenvalue weighted by molar-refractivity contribution is -0.116. The van der Waals surface area contributed by atoms with E-state index in [4.69, 9.17) is 9.47 Å². The van der Waals surface area contributed by atoms with Crippen molar-refractivity contribution in [3.05, 3.63) is 84.4 Å². The second-order valence-corrected chi connectivity index (χ2v) is 6.24. The van der Waals surface area contributed by atoms with E-state index in [0.29, 0.717) is 19.6 Å². The van der Waals surface area contributed by atoms with Crippen LogP contribution in [-0.2, 0) is 11.3 Å². The van der Waals surface area contributed by atoms with Crippen LogP contribution in [0.15, 0.2) is 78.9 Å². The molecule has 144 valence electrons. The smallest absolute Gasteiger partial charge is 0.227 e. The van der Waals surface area contributed by atoms with E-state index in [0.717, 1.165) is 28.4 Å². The Morgan fingerprint density at radius 2 is 1.50 bits per heavy atom. The SMILES string of the molecule is COc1ccc(CNc2ccc(NC(=O)CCOc3ccccc3)cc2)cc1. The van der Waals surface area contributed by atoms with E-state index in [1.165, 1.54) is 0 Å². The van der Waals surface area contributed by atoms with Crippen molar-refractivity contribution in [3.63, 3.8) is 0 Å². The number of methoxy groups -OCH3 is 1. The van der Waals surface area contributed by atoms with Crippen LogP contribution in [0.4, 0.5) is 11.4 Å². The summed E-state index contributed by atoms with van der Waals surface area (Å²) in [4.78, 5) is 12.0. The van der Waals surface area contributed by atoms with Crippen molar-refractivity contribution < 1.29 is 14.3 Å². The van der Waals surface area contributed by atoms with Gasteiger partial charge in [0.2, 0.25) is 5.91 Å². The number of nitrogens with one attached hydrogen (secondary N) is 2.